The van der Waals surface area contributed by atoms with Crippen molar-refractivity contribution in [2.45, 2.75) is 12.8 Å². The number of nitriles is 1. The number of fused-ring (bicyclic) bond motifs is 13. The van der Waals surface area contributed by atoms with E-state index in [1.165, 1.54) is 65.3 Å². The van der Waals surface area contributed by atoms with E-state index in [1.807, 2.05) is 0 Å². The van der Waals surface area contributed by atoms with E-state index in [2.05, 4.69) is 173 Å². The van der Waals surface area contributed by atoms with Gasteiger partial charge in [-0.25, -0.2) is 4.98 Å². The van der Waals surface area contributed by atoms with E-state index >= 15 is 0 Å². The van der Waals surface area contributed by atoms with Gasteiger partial charge in [0.05, 0.1) is 33.8 Å². The van der Waals surface area contributed by atoms with Crippen LogP contribution in [0.5, 0.6) is 0 Å². The average Bonchev–Trinajstić information content (AvgIpc) is 3.74. The molecule has 0 amide bonds. The Bertz CT molecular complexity index is 3190. The Hall–Kier alpha value is -6.96. The highest BCUT2D eigenvalue weighted by Gasteiger charge is 2.22. The van der Waals surface area contributed by atoms with Crippen molar-refractivity contribution in [1.82, 2.24) is 14.1 Å². The summed E-state index contributed by atoms with van der Waals surface area (Å²) in [5.74, 6) is 0.878. The standard InChI is InChI=1S/C48H30N4/c49-29-30-21-23-36-41(27-30)34-14-5-4-13-33(34)35-24-22-31(28-42(35)36)43-17-10-20-46(50-43)52-45-19-9-7-16-38(45)40-26-25-39-37-15-6-8-18-44(37)51(47(39)48(40)52)32-11-2-1-3-12-32/h1-20,22,24-28H,21,23H2. The minimum absolute atomic E-state index is 0.761. The number of rotatable bonds is 3. The van der Waals surface area contributed by atoms with E-state index in [1.54, 1.807) is 0 Å². The molecule has 3 heterocycles. The second kappa shape index (κ2) is 11.0. The predicted octanol–water partition coefficient (Wildman–Crippen LogP) is 12.1. The molecule has 0 radical (unpaired) electrons. The average molecular weight is 663 g/mol. The van der Waals surface area contributed by atoms with Gasteiger partial charge in [-0.05, 0) is 94.1 Å². The van der Waals surface area contributed by atoms with E-state index in [4.69, 9.17) is 4.98 Å². The predicted molar refractivity (Wildman–Crippen MR) is 215 cm³/mol. The molecule has 0 fully saturated rings. The fourth-order valence-electron chi connectivity index (χ4n) is 8.77. The summed E-state index contributed by atoms with van der Waals surface area (Å²) >= 11 is 0. The number of allylic oxidation sites excluding steroid dienone is 1. The lowest BCUT2D eigenvalue weighted by atomic mass is 9.84. The molecule has 0 aliphatic heterocycles. The summed E-state index contributed by atoms with van der Waals surface area (Å²) in [4.78, 5) is 5.45. The number of pyridine rings is 1. The van der Waals surface area contributed by atoms with Crippen molar-refractivity contribution in [3.8, 4) is 28.8 Å². The Labute approximate surface area is 299 Å². The van der Waals surface area contributed by atoms with E-state index in [0.29, 0.717) is 0 Å². The van der Waals surface area contributed by atoms with Crippen LogP contribution in [0.15, 0.2) is 157 Å². The zero-order valence-corrected chi connectivity index (χ0v) is 28.2. The highest BCUT2D eigenvalue weighted by molar-refractivity contribution is 6.23. The molecule has 0 bridgehead atoms. The molecule has 7 aromatic carbocycles. The van der Waals surface area contributed by atoms with E-state index < -0.39 is 0 Å². The second-order valence-corrected chi connectivity index (χ2v) is 13.8. The third-order valence-electron chi connectivity index (χ3n) is 11.0. The molecule has 4 heteroatoms. The highest BCUT2D eigenvalue weighted by atomic mass is 15.1. The number of nitrogens with zero attached hydrogens (tertiary/aromatic N) is 4. The van der Waals surface area contributed by atoms with Crippen LogP contribution in [-0.2, 0) is 6.42 Å². The Morgan fingerprint density at radius 1 is 0.500 bits per heavy atom. The number of aryl methyl sites for hydroxylation is 1. The van der Waals surface area contributed by atoms with Gasteiger partial charge in [0, 0.05) is 38.4 Å². The number of hydrogen-bond acceptors (Lipinski definition) is 2. The molecule has 0 atom stereocenters. The Morgan fingerprint density at radius 2 is 1.12 bits per heavy atom. The molecule has 1 aliphatic carbocycles. The van der Waals surface area contributed by atoms with Gasteiger partial charge in [-0.15, -0.1) is 0 Å². The SMILES string of the molecule is N#CC1=Cc2c(c3cc(-c4cccc(-n5c6ccccc6c6ccc7c8ccccc8n(-c8ccccc8)c7c65)n4)ccc3c3ccccc23)CC1. The van der Waals surface area contributed by atoms with Gasteiger partial charge in [0.25, 0.3) is 0 Å². The van der Waals surface area contributed by atoms with Crippen molar-refractivity contribution in [2.24, 2.45) is 0 Å². The minimum atomic E-state index is 0.761. The maximum Gasteiger partial charge on any atom is 0.138 e. The number of aromatic nitrogens is 3. The van der Waals surface area contributed by atoms with Gasteiger partial charge < -0.3 is 4.57 Å². The van der Waals surface area contributed by atoms with Crippen molar-refractivity contribution in [2.75, 3.05) is 0 Å². The lowest BCUT2D eigenvalue weighted by Crippen LogP contribution is -2.02. The zero-order valence-electron chi connectivity index (χ0n) is 28.2. The maximum atomic E-state index is 9.77. The minimum Gasteiger partial charge on any atom is -0.307 e. The van der Waals surface area contributed by atoms with Crippen LogP contribution in [0.1, 0.15) is 17.5 Å². The number of para-hydroxylation sites is 3. The van der Waals surface area contributed by atoms with E-state index in [9.17, 15) is 5.26 Å². The van der Waals surface area contributed by atoms with Gasteiger partial charge in [0.15, 0.2) is 0 Å². The van der Waals surface area contributed by atoms with Crippen LogP contribution in [-0.4, -0.2) is 14.1 Å². The van der Waals surface area contributed by atoms with Crippen molar-refractivity contribution in [1.29, 1.82) is 5.26 Å². The fraction of sp³-hybridized carbons (Fsp3) is 0.0417. The smallest absolute Gasteiger partial charge is 0.138 e. The molecule has 1 aliphatic rings. The first-order valence-corrected chi connectivity index (χ1v) is 17.8. The van der Waals surface area contributed by atoms with Gasteiger partial charge in [0.1, 0.15) is 5.82 Å². The summed E-state index contributed by atoms with van der Waals surface area (Å²) in [6.07, 6.45) is 3.71. The molecule has 0 spiro atoms. The van der Waals surface area contributed by atoms with Crippen LogP contribution in [0, 0.1) is 11.3 Å². The fourth-order valence-corrected chi connectivity index (χ4v) is 8.77. The molecule has 242 valence electrons. The molecule has 3 aromatic heterocycles. The lowest BCUT2D eigenvalue weighted by Gasteiger charge is -2.20. The summed E-state index contributed by atoms with van der Waals surface area (Å²) in [7, 11) is 0. The normalized spacial score (nSPS) is 12.9. The zero-order chi connectivity index (χ0) is 34.3. The summed E-state index contributed by atoms with van der Waals surface area (Å²) in [5.41, 5.74) is 11.1. The van der Waals surface area contributed by atoms with Gasteiger partial charge in [-0.2, -0.15) is 5.26 Å². The molecule has 52 heavy (non-hydrogen) atoms. The van der Waals surface area contributed by atoms with Gasteiger partial charge in [0.2, 0.25) is 0 Å². The Balaban J connectivity index is 1.19. The first-order chi connectivity index (χ1) is 25.8. The molecular weight excluding hydrogens is 633 g/mol. The molecule has 10 aromatic rings. The van der Waals surface area contributed by atoms with Crippen molar-refractivity contribution < 1.29 is 0 Å². The maximum absolute atomic E-state index is 9.77. The van der Waals surface area contributed by atoms with Crippen LogP contribution in [0.3, 0.4) is 0 Å². The van der Waals surface area contributed by atoms with E-state index in [0.717, 1.165) is 52.2 Å². The van der Waals surface area contributed by atoms with Gasteiger partial charge in [-0.3, -0.25) is 4.57 Å². The molecule has 11 rings (SSSR count). The topological polar surface area (TPSA) is 46.5 Å². The largest absolute Gasteiger partial charge is 0.307 e. The third-order valence-corrected chi connectivity index (χ3v) is 11.0. The van der Waals surface area contributed by atoms with Gasteiger partial charge in [-0.1, -0.05) is 109 Å². The molecular formula is C48H30N4. The van der Waals surface area contributed by atoms with Gasteiger partial charge >= 0.3 is 0 Å². The monoisotopic (exact) mass is 662 g/mol. The molecule has 4 nitrogen and oxygen atoms in total. The van der Waals surface area contributed by atoms with Crippen molar-refractivity contribution >= 4 is 71.2 Å². The summed E-state index contributed by atoms with van der Waals surface area (Å²) in [6, 6.07) is 56.8. The lowest BCUT2D eigenvalue weighted by molar-refractivity contribution is 0.966. The second-order valence-electron chi connectivity index (χ2n) is 13.8. The first-order valence-electron chi connectivity index (χ1n) is 17.8. The molecule has 0 saturated carbocycles. The number of hydrogen-bond donors (Lipinski definition) is 0. The van der Waals surface area contributed by atoms with Crippen LogP contribution < -0.4 is 0 Å². The Morgan fingerprint density at radius 3 is 1.87 bits per heavy atom. The van der Waals surface area contributed by atoms with Crippen LogP contribution in [0.25, 0.3) is 94.0 Å². The summed E-state index contributed by atoms with van der Waals surface area (Å²) in [5, 5.41) is 19.5. The molecule has 0 N–H and O–H groups in total. The highest BCUT2D eigenvalue weighted by Crippen LogP contribution is 2.43. The van der Waals surface area contributed by atoms with Crippen molar-refractivity contribution in [3.05, 3.63) is 168 Å². The number of benzene rings is 7. The summed E-state index contributed by atoms with van der Waals surface area (Å²) < 4.78 is 4.77. The van der Waals surface area contributed by atoms with Crippen molar-refractivity contribution in [3.63, 3.8) is 0 Å². The van der Waals surface area contributed by atoms with Crippen LogP contribution in [0.4, 0.5) is 0 Å². The van der Waals surface area contributed by atoms with Crippen LogP contribution >= 0.6 is 0 Å². The Kier molecular flexibility index (Phi) is 6.11. The van der Waals surface area contributed by atoms with Crippen LogP contribution in [0.2, 0.25) is 0 Å². The summed E-state index contributed by atoms with van der Waals surface area (Å²) in [6.45, 7) is 0. The molecule has 0 unspecified atom stereocenters. The molecule has 0 saturated heterocycles. The van der Waals surface area contributed by atoms with E-state index in [-0.39, 0.29) is 0 Å². The third kappa shape index (κ3) is 4.05. The first kappa shape index (κ1) is 28.8. The quantitative estimate of drug-likeness (QED) is 0.177.